The topological polar surface area (TPSA) is 216 Å². The number of halogens is 6. The number of aliphatic hydroxyl groups is 2. The Morgan fingerprint density at radius 2 is 1.06 bits per heavy atom. The molecule has 0 aromatic heterocycles. The van der Waals surface area contributed by atoms with Crippen LogP contribution in [0.4, 0.5) is 20.2 Å². The molecule has 4 aliphatic carbocycles. The SMILES string of the molecule is CC1(C)CCC2(CC1)C[C@@H](C(=O)O)[C@H](c1cccc(Cl)c1F)[C@]21C(=O)Nc2cc(Cl)ccc21.CO[C@H]1C[C@@H](CC(=O)[C@@H]2CC3(CCC(C)(C)CC3)[C@@]3(C(=O)Nc4cc(Cl)ccc43)[C@H]2c2cccc(Cl)c2F)CO[C@@H]1CO.CO[C@H]1C[C@@H](N)CO[C@@H]1CO. The van der Waals surface area contributed by atoms with E-state index in [1.165, 1.54) is 12.1 Å². The molecule has 4 spiro atoms. The van der Waals surface area contributed by atoms with Gasteiger partial charge in [-0.15, -0.1) is 0 Å². The van der Waals surface area contributed by atoms with Gasteiger partial charge in [-0.3, -0.25) is 19.2 Å². The van der Waals surface area contributed by atoms with Crippen molar-refractivity contribution in [2.24, 2.45) is 45.1 Å². The van der Waals surface area contributed by atoms with Crippen molar-refractivity contribution in [1.82, 2.24) is 0 Å². The number of ketones is 1. The fraction of sp³-hybridized carbons (Fsp3) is 0.582. The Morgan fingerprint density at radius 1 is 0.632 bits per heavy atom. The largest absolute Gasteiger partial charge is 0.481 e. The summed E-state index contributed by atoms with van der Waals surface area (Å²) in [5.41, 5.74) is 5.45. The van der Waals surface area contributed by atoms with E-state index in [9.17, 15) is 29.4 Å². The number of aliphatic carboxylic acids is 1. The molecule has 6 fully saturated rings. The van der Waals surface area contributed by atoms with Crippen LogP contribution in [-0.4, -0.2) is 110 Å². The smallest absolute Gasteiger partial charge is 0.307 e. The van der Waals surface area contributed by atoms with Gasteiger partial charge in [0.05, 0.1) is 65.4 Å². The minimum absolute atomic E-state index is 0.00519. The number of ether oxygens (including phenoxy) is 4. The van der Waals surface area contributed by atoms with Crippen molar-refractivity contribution < 1.29 is 62.2 Å². The van der Waals surface area contributed by atoms with E-state index in [1.807, 2.05) is 12.1 Å². The number of anilines is 2. The van der Waals surface area contributed by atoms with Crippen molar-refractivity contribution >= 4 is 81.3 Å². The predicted molar refractivity (Wildman–Crippen MR) is 331 cm³/mol. The molecule has 7 N–H and O–H groups in total. The summed E-state index contributed by atoms with van der Waals surface area (Å²) >= 11 is 25.1. The number of carboxylic acids is 1. The van der Waals surface area contributed by atoms with Crippen LogP contribution < -0.4 is 16.4 Å². The Hall–Kier alpha value is -4.30. The van der Waals surface area contributed by atoms with Gasteiger partial charge in [-0.1, -0.05) is 110 Å². The van der Waals surface area contributed by atoms with E-state index < -0.39 is 69.0 Å². The molecule has 20 heteroatoms. The maximum atomic E-state index is 16.2. The molecule has 4 aromatic carbocycles. The first kappa shape index (κ1) is 65.6. The fourth-order valence-corrected chi connectivity index (χ4v) is 17.8. The Kier molecular flexibility index (Phi) is 19.2. The van der Waals surface area contributed by atoms with E-state index in [4.69, 9.17) is 76.2 Å². The van der Waals surface area contributed by atoms with Gasteiger partial charge in [0.2, 0.25) is 11.8 Å². The van der Waals surface area contributed by atoms with Crippen LogP contribution in [0.25, 0.3) is 0 Å². The number of benzene rings is 4. The normalized spacial score (nSPS) is 32.2. The van der Waals surface area contributed by atoms with Gasteiger partial charge in [0.25, 0.3) is 0 Å². The number of carboxylic acid groups (broad SMARTS) is 1. The molecule has 2 amide bonds. The van der Waals surface area contributed by atoms with Crippen LogP contribution in [-0.2, 0) is 49.0 Å². The first-order valence-electron chi connectivity index (χ1n) is 30.4. The third kappa shape index (κ3) is 11.6. The van der Waals surface area contributed by atoms with Gasteiger partial charge >= 0.3 is 5.97 Å². The Morgan fingerprint density at radius 3 is 1.49 bits per heavy atom. The lowest BCUT2D eigenvalue weighted by molar-refractivity contribution is -0.142. The van der Waals surface area contributed by atoms with Gasteiger partial charge in [0.15, 0.2) is 0 Å². The predicted octanol–water partition coefficient (Wildman–Crippen LogP) is 13.0. The number of hydrogen-bond donors (Lipinski definition) is 6. The third-order valence-electron chi connectivity index (χ3n) is 21.6. The molecule has 8 aliphatic rings. The Balaban J connectivity index is 0.000000168. The minimum Gasteiger partial charge on any atom is -0.481 e. The number of amides is 2. The highest BCUT2D eigenvalue weighted by atomic mass is 35.5. The molecule has 0 unspecified atom stereocenters. The fourth-order valence-electron chi connectivity index (χ4n) is 17.1. The maximum absolute atomic E-state index is 16.2. The van der Waals surface area contributed by atoms with Gasteiger partial charge in [0.1, 0.15) is 29.6 Å². The van der Waals surface area contributed by atoms with Crippen molar-refractivity contribution in [2.75, 3.05) is 51.3 Å². The summed E-state index contributed by atoms with van der Waals surface area (Å²) in [5.74, 6) is -6.03. The number of rotatable bonds is 10. The Labute approximate surface area is 528 Å². The van der Waals surface area contributed by atoms with Gasteiger partial charge in [-0.2, -0.15) is 0 Å². The van der Waals surface area contributed by atoms with E-state index in [0.29, 0.717) is 77.9 Å². The van der Waals surface area contributed by atoms with Gasteiger partial charge in [-0.25, -0.2) is 8.78 Å². The van der Waals surface area contributed by atoms with Crippen molar-refractivity contribution in [3.8, 4) is 0 Å². The van der Waals surface area contributed by atoms with Crippen molar-refractivity contribution in [3.63, 3.8) is 0 Å². The minimum atomic E-state index is -1.22. The second kappa shape index (κ2) is 25.4. The number of carbonyl (C=O) groups is 4. The number of hydrogen-bond acceptors (Lipinski definition) is 11. The van der Waals surface area contributed by atoms with E-state index in [0.717, 1.165) is 50.5 Å². The summed E-state index contributed by atoms with van der Waals surface area (Å²) in [6.07, 6.45) is 7.73. The average molecular weight is 1280 g/mol. The quantitative estimate of drug-likeness (QED) is 0.0874. The van der Waals surface area contributed by atoms with Crippen LogP contribution in [0, 0.1) is 51.0 Å². The molecule has 0 radical (unpaired) electrons. The highest BCUT2D eigenvalue weighted by molar-refractivity contribution is 6.32. The highest BCUT2D eigenvalue weighted by Gasteiger charge is 2.74. The average Bonchev–Trinajstić information content (AvgIpc) is 1.56. The van der Waals surface area contributed by atoms with E-state index in [1.54, 1.807) is 62.8 Å². The Bertz CT molecular complexity index is 3260. The van der Waals surface area contributed by atoms with E-state index >= 15 is 8.78 Å². The van der Waals surface area contributed by atoms with Crippen LogP contribution >= 0.6 is 46.4 Å². The number of nitrogens with two attached hydrogens (primary N) is 1. The molecule has 472 valence electrons. The first-order valence-corrected chi connectivity index (χ1v) is 31.9. The number of aliphatic hydroxyl groups excluding tert-OH is 2. The number of fused-ring (bicyclic) bond motifs is 6. The zero-order chi connectivity index (χ0) is 62.8. The maximum Gasteiger partial charge on any atom is 0.307 e. The molecule has 14 nitrogen and oxygen atoms in total. The first-order chi connectivity index (χ1) is 41.3. The summed E-state index contributed by atoms with van der Waals surface area (Å²) in [5, 5.41) is 35.8. The molecule has 0 bridgehead atoms. The molecule has 2 saturated heterocycles. The molecule has 4 aliphatic heterocycles. The molecule has 4 aromatic rings. The summed E-state index contributed by atoms with van der Waals surface area (Å²) in [7, 11) is 3.19. The van der Waals surface area contributed by atoms with E-state index in [-0.39, 0.29) is 93.9 Å². The summed E-state index contributed by atoms with van der Waals surface area (Å²) < 4.78 is 53.4. The monoisotopic (exact) mass is 1280 g/mol. The second-order valence-corrected chi connectivity index (χ2v) is 29.1. The van der Waals surface area contributed by atoms with Crippen LogP contribution in [0.3, 0.4) is 0 Å². The van der Waals surface area contributed by atoms with Crippen LogP contribution in [0.5, 0.6) is 0 Å². The molecule has 87 heavy (non-hydrogen) atoms. The highest BCUT2D eigenvalue weighted by Crippen LogP contribution is 2.74. The standard InChI is InChI=1S/C34H40Cl2FNO5.C26H26Cl2FNO3.C7H15NO3/c1-32(2)9-11-33(12-10-32)16-22(26(40)13-19-14-27(42-3)28(17-39)43-18-19)29(21-5-4-6-24(36)30(21)37)34(33)23-8-7-20(35)15-25(23)38-31(34)41;1-24(2)8-10-25(11-9-24)13-16(22(31)32)20(15-4-3-5-18(28)21(15)29)26(25)17-7-6-14(27)12-19(17)30-23(26)33;1-10-6-2-5(8)4-11-7(6)3-9/h4-8,15,19,22,27-29,39H,9-14,16-18H2,1-3H3,(H,38,41);3-7,12,16,20H,8-11,13H2,1-2H3,(H,30,33)(H,31,32);5-7,9H,2-4,8H2,1H3/t19-,22+,27+,28-,29+,34-;16-,20+,26-;5-,6+,7-/m111/s1. The van der Waals surface area contributed by atoms with Crippen molar-refractivity contribution in [2.45, 2.75) is 164 Å². The molecular formula is C67H81Cl4F2N3O11. The zero-order valence-corrected chi connectivity index (χ0v) is 53.2. The second-order valence-electron chi connectivity index (χ2n) is 27.4. The van der Waals surface area contributed by atoms with Gasteiger partial charge in [0, 0.05) is 65.9 Å². The zero-order valence-electron chi connectivity index (χ0n) is 50.2. The number of nitrogens with one attached hydrogen (secondary N) is 2. The summed E-state index contributed by atoms with van der Waals surface area (Å²) in [6.45, 7) is 9.59. The van der Waals surface area contributed by atoms with Crippen LogP contribution in [0.15, 0.2) is 72.8 Å². The summed E-state index contributed by atoms with van der Waals surface area (Å²) in [6, 6.07) is 20.3. The van der Waals surface area contributed by atoms with Crippen molar-refractivity contribution in [1.29, 1.82) is 0 Å². The van der Waals surface area contributed by atoms with Gasteiger partial charge < -0.3 is 50.6 Å². The molecular weight excluding hydrogens is 1200 g/mol. The number of Topliss-reactive ketones (excluding diaryl/α,β-unsaturated/α-hetero) is 1. The lowest BCUT2D eigenvalue weighted by Gasteiger charge is -2.51. The molecule has 4 heterocycles. The number of methoxy groups -OCH3 is 2. The van der Waals surface area contributed by atoms with Crippen LogP contribution in [0.2, 0.25) is 20.1 Å². The number of carbonyl (C=O) groups excluding carboxylic acids is 3. The lowest BCUT2D eigenvalue weighted by Crippen LogP contribution is -2.52. The lowest BCUT2D eigenvalue weighted by atomic mass is 9.51. The van der Waals surface area contributed by atoms with Gasteiger partial charge in [-0.05, 0) is 163 Å². The molecule has 4 saturated carbocycles. The molecule has 12 atom stereocenters. The molecule has 12 rings (SSSR count). The van der Waals surface area contributed by atoms with Crippen molar-refractivity contribution in [3.05, 3.63) is 127 Å². The van der Waals surface area contributed by atoms with E-state index in [2.05, 4.69) is 38.3 Å². The van der Waals surface area contributed by atoms with Crippen LogP contribution in [0.1, 0.15) is 145 Å². The third-order valence-corrected chi connectivity index (χ3v) is 22.7. The summed E-state index contributed by atoms with van der Waals surface area (Å²) in [4.78, 5) is 55.8.